The van der Waals surface area contributed by atoms with Gasteiger partial charge in [-0.3, -0.25) is 9.36 Å². The van der Waals surface area contributed by atoms with Crippen LogP contribution in [0.3, 0.4) is 0 Å². The van der Waals surface area contributed by atoms with Gasteiger partial charge >= 0.3 is 5.69 Å². The zero-order valence-electron chi connectivity index (χ0n) is 17.6. The zero-order valence-corrected chi connectivity index (χ0v) is 17.6. The number of imidazole rings is 1. The number of nitrogens with zero attached hydrogens (tertiary/aromatic N) is 4. The van der Waals surface area contributed by atoms with E-state index >= 15 is 0 Å². The largest absolute Gasteiger partial charge is 0.497 e. The van der Waals surface area contributed by atoms with E-state index in [1.807, 2.05) is 60.0 Å². The van der Waals surface area contributed by atoms with Crippen LogP contribution in [0.2, 0.25) is 0 Å². The molecule has 0 amide bonds. The van der Waals surface area contributed by atoms with Gasteiger partial charge in [0.1, 0.15) is 5.75 Å². The van der Waals surface area contributed by atoms with Crippen molar-refractivity contribution in [2.45, 2.75) is 32.4 Å². The second-order valence-electron chi connectivity index (χ2n) is 8.09. The molecule has 4 aromatic rings. The minimum Gasteiger partial charge on any atom is -0.497 e. The average molecular weight is 416 g/mol. The maximum absolute atomic E-state index is 13.5. The molecule has 7 heteroatoms. The highest BCUT2D eigenvalue weighted by Crippen LogP contribution is 2.30. The van der Waals surface area contributed by atoms with Crippen LogP contribution in [0, 0.1) is 5.92 Å². The molecule has 0 aliphatic heterocycles. The standard InChI is InChI=1S/C24H24N4O3/c1-16(18-7-4-3-5-8-18)27-15-25-22-21(27)23(29)26(14-17-11-12-17)24(30)28(22)19-9-6-10-20(13-19)31-2/h3-10,13,15-17H,11-12,14H2,1-2H3/t16-/m1/s1. The van der Waals surface area contributed by atoms with Gasteiger partial charge in [0.15, 0.2) is 11.2 Å². The topological polar surface area (TPSA) is 71.1 Å². The smallest absolute Gasteiger partial charge is 0.337 e. The summed E-state index contributed by atoms with van der Waals surface area (Å²) in [5.41, 5.74) is 1.82. The lowest BCUT2D eigenvalue weighted by Crippen LogP contribution is -2.40. The van der Waals surface area contributed by atoms with E-state index in [2.05, 4.69) is 4.98 Å². The molecule has 0 N–H and O–H groups in total. The molecule has 5 rings (SSSR count). The highest BCUT2D eigenvalue weighted by molar-refractivity contribution is 5.73. The van der Waals surface area contributed by atoms with E-state index in [4.69, 9.17) is 4.74 Å². The summed E-state index contributed by atoms with van der Waals surface area (Å²) >= 11 is 0. The summed E-state index contributed by atoms with van der Waals surface area (Å²) in [4.78, 5) is 31.5. The fourth-order valence-electron chi connectivity index (χ4n) is 4.03. The minimum atomic E-state index is -0.365. The Labute approximate surface area is 179 Å². The Morgan fingerprint density at radius 3 is 2.58 bits per heavy atom. The van der Waals surface area contributed by atoms with Gasteiger partial charge in [-0.1, -0.05) is 36.4 Å². The predicted octanol–water partition coefficient (Wildman–Crippen LogP) is 3.38. The maximum atomic E-state index is 13.5. The number of benzene rings is 2. The van der Waals surface area contributed by atoms with Crippen LogP contribution < -0.4 is 16.0 Å². The van der Waals surface area contributed by atoms with Crippen LogP contribution in [0.5, 0.6) is 5.75 Å². The molecule has 7 nitrogen and oxygen atoms in total. The van der Waals surface area contributed by atoms with Gasteiger partial charge < -0.3 is 9.30 Å². The van der Waals surface area contributed by atoms with Crippen LogP contribution in [-0.4, -0.2) is 25.8 Å². The number of aromatic nitrogens is 4. The quantitative estimate of drug-likeness (QED) is 0.483. The lowest BCUT2D eigenvalue weighted by atomic mass is 10.1. The highest BCUT2D eigenvalue weighted by Gasteiger charge is 2.27. The molecular formula is C24H24N4O3. The summed E-state index contributed by atoms with van der Waals surface area (Å²) in [6, 6.07) is 17.1. The zero-order chi connectivity index (χ0) is 21.5. The van der Waals surface area contributed by atoms with Gasteiger partial charge in [0.2, 0.25) is 0 Å². The van der Waals surface area contributed by atoms with Crippen molar-refractivity contribution in [3.63, 3.8) is 0 Å². The first-order valence-electron chi connectivity index (χ1n) is 10.5. The van der Waals surface area contributed by atoms with E-state index in [0.29, 0.717) is 35.1 Å². The lowest BCUT2D eigenvalue weighted by Gasteiger charge is -2.16. The molecule has 158 valence electrons. The molecule has 0 unspecified atom stereocenters. The molecule has 0 spiro atoms. The van der Waals surface area contributed by atoms with Crippen molar-refractivity contribution in [1.29, 1.82) is 0 Å². The highest BCUT2D eigenvalue weighted by atomic mass is 16.5. The van der Waals surface area contributed by atoms with E-state index in [9.17, 15) is 9.59 Å². The number of hydrogen-bond acceptors (Lipinski definition) is 4. The van der Waals surface area contributed by atoms with Gasteiger partial charge in [0.25, 0.3) is 5.56 Å². The van der Waals surface area contributed by atoms with Gasteiger partial charge in [0, 0.05) is 12.6 Å². The summed E-state index contributed by atoms with van der Waals surface area (Å²) in [5, 5.41) is 0. The van der Waals surface area contributed by atoms with Gasteiger partial charge in [-0.05, 0) is 43.4 Å². The Balaban J connectivity index is 1.79. The number of hydrogen-bond donors (Lipinski definition) is 0. The van der Waals surface area contributed by atoms with Crippen LogP contribution in [0.25, 0.3) is 16.9 Å². The van der Waals surface area contributed by atoms with E-state index in [1.165, 1.54) is 9.13 Å². The van der Waals surface area contributed by atoms with Crippen molar-refractivity contribution in [2.75, 3.05) is 7.11 Å². The van der Waals surface area contributed by atoms with Crippen molar-refractivity contribution in [2.24, 2.45) is 5.92 Å². The second-order valence-corrected chi connectivity index (χ2v) is 8.09. The first-order chi connectivity index (χ1) is 15.1. The minimum absolute atomic E-state index is 0.107. The first-order valence-corrected chi connectivity index (χ1v) is 10.5. The Morgan fingerprint density at radius 2 is 1.87 bits per heavy atom. The van der Waals surface area contributed by atoms with E-state index in [1.54, 1.807) is 19.5 Å². The fourth-order valence-corrected chi connectivity index (χ4v) is 4.03. The molecule has 1 saturated carbocycles. The summed E-state index contributed by atoms with van der Waals surface area (Å²) in [6.45, 7) is 2.46. The number of fused-ring (bicyclic) bond motifs is 1. The van der Waals surface area contributed by atoms with Crippen molar-refractivity contribution in [1.82, 2.24) is 18.7 Å². The van der Waals surface area contributed by atoms with Gasteiger partial charge in [0.05, 0.1) is 25.2 Å². The molecule has 0 saturated heterocycles. The maximum Gasteiger partial charge on any atom is 0.337 e. The van der Waals surface area contributed by atoms with Crippen LogP contribution in [0.1, 0.15) is 31.4 Å². The summed E-state index contributed by atoms with van der Waals surface area (Å²) in [6.07, 6.45) is 3.74. The molecule has 0 bridgehead atoms. The van der Waals surface area contributed by atoms with Crippen molar-refractivity contribution in [3.8, 4) is 11.4 Å². The second kappa shape index (κ2) is 7.58. The summed E-state index contributed by atoms with van der Waals surface area (Å²) < 4.78 is 10.1. The summed E-state index contributed by atoms with van der Waals surface area (Å²) in [5.74, 6) is 1.01. The first kappa shape index (κ1) is 19.4. The number of ether oxygens (including phenoxy) is 1. The van der Waals surface area contributed by atoms with Crippen LogP contribution in [-0.2, 0) is 6.54 Å². The molecule has 1 fully saturated rings. The van der Waals surface area contributed by atoms with E-state index in [0.717, 1.165) is 18.4 Å². The number of methoxy groups -OCH3 is 1. The third-order valence-corrected chi connectivity index (χ3v) is 6.00. The van der Waals surface area contributed by atoms with Crippen LogP contribution in [0.4, 0.5) is 0 Å². The van der Waals surface area contributed by atoms with E-state index in [-0.39, 0.29) is 17.3 Å². The monoisotopic (exact) mass is 416 g/mol. The third kappa shape index (κ3) is 3.36. The molecule has 1 aliphatic carbocycles. The normalized spacial score (nSPS) is 14.6. The van der Waals surface area contributed by atoms with Crippen LogP contribution >= 0.6 is 0 Å². The van der Waals surface area contributed by atoms with Gasteiger partial charge in [-0.15, -0.1) is 0 Å². The summed E-state index contributed by atoms with van der Waals surface area (Å²) in [7, 11) is 1.59. The van der Waals surface area contributed by atoms with Crippen molar-refractivity contribution >= 4 is 11.2 Å². The third-order valence-electron chi connectivity index (χ3n) is 6.00. The molecule has 1 aliphatic rings. The SMILES string of the molecule is COc1cccc(-n2c(=O)n(CC3CC3)c(=O)c3c2ncn3[C@H](C)c2ccccc2)c1. The molecule has 2 aromatic carbocycles. The molecule has 2 heterocycles. The molecule has 2 aromatic heterocycles. The van der Waals surface area contributed by atoms with Gasteiger partial charge in [-0.2, -0.15) is 0 Å². The Kier molecular flexibility index (Phi) is 4.73. The van der Waals surface area contributed by atoms with Gasteiger partial charge in [-0.25, -0.2) is 14.3 Å². The molecular weight excluding hydrogens is 392 g/mol. The average Bonchev–Trinajstić information content (AvgIpc) is 3.53. The fraction of sp³-hybridized carbons (Fsp3) is 0.292. The van der Waals surface area contributed by atoms with Crippen molar-refractivity contribution < 1.29 is 4.74 Å². The number of rotatable bonds is 6. The van der Waals surface area contributed by atoms with Crippen molar-refractivity contribution in [3.05, 3.63) is 87.3 Å². The Bertz CT molecular complexity index is 1360. The molecule has 31 heavy (non-hydrogen) atoms. The van der Waals surface area contributed by atoms with E-state index < -0.39 is 0 Å². The predicted molar refractivity (Wildman–Crippen MR) is 119 cm³/mol. The molecule has 0 radical (unpaired) electrons. The van der Waals surface area contributed by atoms with Crippen LogP contribution in [0.15, 0.2) is 70.5 Å². The molecule has 1 atom stereocenters. The Hall–Kier alpha value is -3.61. The lowest BCUT2D eigenvalue weighted by molar-refractivity contribution is 0.414. The Morgan fingerprint density at radius 1 is 1.10 bits per heavy atom.